The number of benzene rings is 1. The van der Waals surface area contributed by atoms with Crippen molar-refractivity contribution in [1.82, 2.24) is 9.88 Å². The van der Waals surface area contributed by atoms with Crippen LogP contribution in [0.1, 0.15) is 56.9 Å². The van der Waals surface area contributed by atoms with E-state index >= 15 is 0 Å². The molecule has 2 aliphatic rings. The Morgan fingerprint density at radius 2 is 1.90 bits per heavy atom. The maximum atomic E-state index is 13.2. The van der Waals surface area contributed by atoms with Crippen molar-refractivity contribution in [2.75, 3.05) is 20.2 Å². The number of likely N-dealkylation sites (tertiary alicyclic amines) is 1. The molecular weight excluding hydrogens is 396 g/mol. The highest BCUT2D eigenvalue weighted by Gasteiger charge is 2.46. The number of hydrogen-bond acceptors (Lipinski definition) is 6. The maximum Gasteiger partial charge on any atom is 0.276 e. The number of oxazole rings is 1. The molecule has 1 amide bonds. The second-order valence-electron chi connectivity index (χ2n) is 9.80. The normalized spacial score (nSPS) is 23.7. The number of aliphatic hydroxyl groups is 1. The highest BCUT2D eigenvalue weighted by Crippen LogP contribution is 2.42. The molecule has 0 bridgehead atoms. The van der Waals surface area contributed by atoms with E-state index in [0.717, 1.165) is 11.3 Å². The number of aromatic nitrogens is 1. The number of amides is 1. The van der Waals surface area contributed by atoms with Crippen LogP contribution in [0.2, 0.25) is 0 Å². The molecular formula is C24H32N2O5. The number of nitrogens with zero attached hydrogens (tertiary/aromatic N) is 2. The van der Waals surface area contributed by atoms with Crippen molar-refractivity contribution in [2.24, 2.45) is 5.41 Å². The van der Waals surface area contributed by atoms with Gasteiger partial charge in [-0.15, -0.1) is 0 Å². The van der Waals surface area contributed by atoms with Crippen LogP contribution < -0.4 is 4.74 Å². The third-order valence-electron chi connectivity index (χ3n) is 6.54. The zero-order chi connectivity index (χ0) is 22.2. The Morgan fingerprint density at radius 1 is 1.23 bits per heavy atom. The van der Waals surface area contributed by atoms with Gasteiger partial charge in [-0.05, 0) is 42.5 Å². The Bertz CT molecular complexity index is 907. The Labute approximate surface area is 183 Å². The van der Waals surface area contributed by atoms with E-state index < -0.39 is 0 Å². The van der Waals surface area contributed by atoms with Crippen LogP contribution >= 0.6 is 0 Å². The average Bonchev–Trinajstić information content (AvgIpc) is 3.22. The van der Waals surface area contributed by atoms with Gasteiger partial charge in [0.2, 0.25) is 0 Å². The minimum atomic E-state index is -0.366. The van der Waals surface area contributed by atoms with E-state index in [1.54, 1.807) is 7.11 Å². The van der Waals surface area contributed by atoms with Gasteiger partial charge in [0.1, 0.15) is 5.75 Å². The Kier molecular flexibility index (Phi) is 5.83. The molecule has 168 valence electrons. The van der Waals surface area contributed by atoms with Gasteiger partial charge >= 0.3 is 0 Å². The van der Waals surface area contributed by atoms with Crippen LogP contribution in [-0.2, 0) is 4.74 Å². The topological polar surface area (TPSA) is 85.0 Å². The molecule has 7 heteroatoms. The number of rotatable bonds is 3. The quantitative estimate of drug-likeness (QED) is 0.798. The summed E-state index contributed by atoms with van der Waals surface area (Å²) >= 11 is 0. The van der Waals surface area contributed by atoms with Gasteiger partial charge in [0.15, 0.2) is 17.8 Å². The Balaban J connectivity index is 1.46. The van der Waals surface area contributed by atoms with Gasteiger partial charge in [-0.25, -0.2) is 4.98 Å². The molecule has 0 saturated carbocycles. The minimum absolute atomic E-state index is 0.00992. The summed E-state index contributed by atoms with van der Waals surface area (Å²) in [4.78, 5) is 19.2. The fourth-order valence-electron chi connectivity index (χ4n) is 4.62. The molecule has 31 heavy (non-hydrogen) atoms. The van der Waals surface area contributed by atoms with Gasteiger partial charge in [0.25, 0.3) is 5.91 Å². The van der Waals surface area contributed by atoms with Gasteiger partial charge in [-0.2, -0.15) is 0 Å². The fraction of sp³-hybridized carbons (Fsp3) is 0.583. The smallest absolute Gasteiger partial charge is 0.276 e. The van der Waals surface area contributed by atoms with E-state index in [-0.39, 0.29) is 29.1 Å². The third-order valence-corrected chi connectivity index (χ3v) is 6.54. The molecule has 4 rings (SSSR count). The first-order valence-electron chi connectivity index (χ1n) is 10.9. The van der Waals surface area contributed by atoms with Gasteiger partial charge in [0, 0.05) is 31.5 Å². The molecule has 1 N–H and O–H groups in total. The average molecular weight is 429 g/mol. The van der Waals surface area contributed by atoms with Gasteiger partial charge in [0.05, 0.1) is 24.9 Å². The summed E-state index contributed by atoms with van der Waals surface area (Å²) in [5.41, 5.74) is 0.699. The number of aliphatic hydroxyl groups excluding tert-OH is 1. The van der Waals surface area contributed by atoms with E-state index in [9.17, 15) is 9.90 Å². The summed E-state index contributed by atoms with van der Waals surface area (Å²) < 4.78 is 17.3. The van der Waals surface area contributed by atoms with Crippen LogP contribution in [-0.4, -0.2) is 58.9 Å². The van der Waals surface area contributed by atoms with Gasteiger partial charge in [-0.3, -0.25) is 4.79 Å². The van der Waals surface area contributed by atoms with Crippen molar-refractivity contribution in [3.8, 4) is 17.1 Å². The number of carbonyl (C=O) groups is 1. The lowest BCUT2D eigenvalue weighted by Gasteiger charge is -2.50. The SMILES string of the molecule is COc1ccc(-c2ocnc2C(=O)N2CCC3(CC2)C[C@H](O)C[C@H](C(C)(C)C)O3)cc1. The van der Waals surface area contributed by atoms with Crippen molar-refractivity contribution >= 4 is 5.91 Å². The Hall–Kier alpha value is -2.38. The zero-order valence-corrected chi connectivity index (χ0v) is 18.8. The lowest BCUT2D eigenvalue weighted by atomic mass is 9.76. The first kappa shape index (κ1) is 21.8. The Morgan fingerprint density at radius 3 is 2.52 bits per heavy atom. The molecule has 1 aromatic heterocycles. The molecule has 2 aliphatic heterocycles. The van der Waals surface area contributed by atoms with E-state index in [2.05, 4.69) is 25.8 Å². The highest BCUT2D eigenvalue weighted by molar-refractivity contribution is 5.97. The van der Waals surface area contributed by atoms with E-state index in [1.165, 1.54) is 6.39 Å². The second kappa shape index (κ2) is 8.28. The number of hydrogen-bond donors (Lipinski definition) is 1. The van der Waals surface area contributed by atoms with Crippen molar-refractivity contribution in [3.05, 3.63) is 36.4 Å². The van der Waals surface area contributed by atoms with Crippen molar-refractivity contribution < 1.29 is 23.8 Å². The summed E-state index contributed by atoms with van der Waals surface area (Å²) in [6, 6.07) is 7.36. The van der Waals surface area contributed by atoms with E-state index in [0.29, 0.717) is 50.2 Å². The van der Waals surface area contributed by atoms with Crippen molar-refractivity contribution in [2.45, 2.75) is 64.3 Å². The summed E-state index contributed by atoms with van der Waals surface area (Å²) in [7, 11) is 1.61. The first-order valence-corrected chi connectivity index (χ1v) is 10.9. The van der Waals surface area contributed by atoms with Crippen LogP contribution in [0.4, 0.5) is 0 Å². The molecule has 7 nitrogen and oxygen atoms in total. The molecule has 2 atom stereocenters. The molecule has 1 aromatic carbocycles. The maximum absolute atomic E-state index is 13.2. The molecule has 1 spiro atoms. The van der Waals surface area contributed by atoms with E-state index in [4.69, 9.17) is 13.9 Å². The molecule has 2 fully saturated rings. The predicted octanol–water partition coefficient (Wildman–Crippen LogP) is 3.91. The monoisotopic (exact) mass is 428 g/mol. The molecule has 0 unspecified atom stereocenters. The van der Waals surface area contributed by atoms with Gasteiger partial charge < -0.3 is 23.9 Å². The van der Waals surface area contributed by atoms with Crippen molar-refractivity contribution in [3.63, 3.8) is 0 Å². The highest BCUT2D eigenvalue weighted by atomic mass is 16.5. The zero-order valence-electron chi connectivity index (χ0n) is 18.8. The van der Waals surface area contributed by atoms with Crippen LogP contribution in [0.3, 0.4) is 0 Å². The van der Waals surface area contributed by atoms with Crippen molar-refractivity contribution in [1.29, 1.82) is 0 Å². The predicted molar refractivity (Wildman–Crippen MR) is 116 cm³/mol. The molecule has 2 aromatic rings. The number of ether oxygens (including phenoxy) is 2. The van der Waals surface area contributed by atoms with Crippen LogP contribution in [0.15, 0.2) is 35.1 Å². The summed E-state index contributed by atoms with van der Waals surface area (Å²) in [6.45, 7) is 7.57. The number of piperidine rings is 1. The lowest BCUT2D eigenvalue weighted by molar-refractivity contribution is -0.205. The van der Waals surface area contributed by atoms with Crippen LogP contribution in [0.5, 0.6) is 5.75 Å². The minimum Gasteiger partial charge on any atom is -0.497 e. The molecule has 0 aliphatic carbocycles. The standard InChI is InChI=1S/C24H32N2O5/c1-23(2,3)19-13-17(27)14-24(31-19)9-11-26(12-10-24)22(28)20-21(30-15-25-20)16-5-7-18(29-4)8-6-16/h5-8,15,17,19,27H,9-14H2,1-4H3/t17-,19-/m1/s1. The largest absolute Gasteiger partial charge is 0.497 e. The molecule has 0 radical (unpaired) electrons. The third kappa shape index (κ3) is 4.48. The van der Waals surface area contributed by atoms with Crippen LogP contribution in [0, 0.1) is 5.41 Å². The summed E-state index contributed by atoms with van der Waals surface area (Å²) in [5, 5.41) is 10.5. The molecule has 3 heterocycles. The number of carbonyl (C=O) groups excluding carboxylic acids is 1. The lowest BCUT2D eigenvalue weighted by Crippen LogP contribution is -2.55. The van der Waals surface area contributed by atoms with Gasteiger partial charge in [-0.1, -0.05) is 20.8 Å². The number of methoxy groups -OCH3 is 1. The van der Waals surface area contributed by atoms with Crippen LogP contribution in [0.25, 0.3) is 11.3 Å². The fourth-order valence-corrected chi connectivity index (χ4v) is 4.62. The van der Waals surface area contributed by atoms with E-state index in [1.807, 2.05) is 29.2 Å². The second-order valence-corrected chi connectivity index (χ2v) is 9.80. The first-order chi connectivity index (χ1) is 14.7. The summed E-state index contributed by atoms with van der Waals surface area (Å²) in [6.07, 6.45) is 3.66. The molecule has 2 saturated heterocycles. The summed E-state index contributed by atoms with van der Waals surface area (Å²) in [5.74, 6) is 1.06.